The van der Waals surface area contributed by atoms with Crippen molar-refractivity contribution in [2.75, 3.05) is 18.4 Å². The van der Waals surface area contributed by atoms with Crippen LogP contribution in [-0.4, -0.2) is 35.1 Å². The van der Waals surface area contributed by atoms with Crippen molar-refractivity contribution in [2.45, 2.75) is 39.2 Å². The molecule has 5 nitrogen and oxygen atoms in total. The van der Waals surface area contributed by atoms with Crippen molar-refractivity contribution in [2.24, 2.45) is 5.92 Å². The molecule has 0 saturated carbocycles. The molecule has 1 saturated heterocycles. The predicted molar refractivity (Wildman–Crippen MR) is 93.8 cm³/mol. The van der Waals surface area contributed by atoms with E-state index in [9.17, 15) is 4.79 Å². The number of likely N-dealkylation sites (tertiary alicyclic amines) is 1. The summed E-state index contributed by atoms with van der Waals surface area (Å²) >= 11 is 0. The smallest absolute Gasteiger partial charge is 0.242 e. The third-order valence-electron chi connectivity index (χ3n) is 4.82. The van der Waals surface area contributed by atoms with E-state index in [1.54, 1.807) is 6.07 Å². The van der Waals surface area contributed by atoms with E-state index in [1.165, 1.54) is 5.56 Å². The van der Waals surface area contributed by atoms with Crippen LogP contribution in [0.5, 0.6) is 0 Å². The highest BCUT2D eigenvalue weighted by Crippen LogP contribution is 2.23. The lowest BCUT2D eigenvalue weighted by Gasteiger charge is -2.35. The summed E-state index contributed by atoms with van der Waals surface area (Å²) in [7, 11) is 0. The molecule has 0 spiro atoms. The number of nitrogens with zero attached hydrogens (tertiary/aromatic N) is 2. The molecule has 1 aliphatic heterocycles. The molecule has 2 heterocycles. The molecule has 5 heteroatoms. The monoisotopic (exact) mass is 327 g/mol. The van der Waals surface area contributed by atoms with Crippen molar-refractivity contribution < 1.29 is 9.32 Å². The predicted octanol–water partition coefficient (Wildman–Crippen LogP) is 3.26. The number of hydrogen-bond acceptors (Lipinski definition) is 4. The summed E-state index contributed by atoms with van der Waals surface area (Å²) < 4.78 is 4.98. The number of amides is 1. The Hall–Kier alpha value is -2.14. The van der Waals surface area contributed by atoms with Crippen molar-refractivity contribution in [3.8, 4) is 0 Å². The van der Waals surface area contributed by atoms with Crippen LogP contribution in [0.15, 0.2) is 40.9 Å². The van der Waals surface area contributed by atoms with Crippen LogP contribution in [0.25, 0.3) is 0 Å². The number of carbonyl (C=O) groups excluding carboxylic acids is 1. The molecule has 128 valence electrons. The summed E-state index contributed by atoms with van der Waals surface area (Å²) in [6.07, 6.45) is 3.40. The zero-order chi connectivity index (χ0) is 16.9. The Morgan fingerprint density at radius 1 is 1.33 bits per heavy atom. The Kier molecular flexibility index (Phi) is 5.30. The van der Waals surface area contributed by atoms with Gasteiger partial charge in [-0.1, -0.05) is 35.5 Å². The van der Waals surface area contributed by atoms with Crippen LogP contribution < -0.4 is 5.32 Å². The minimum Gasteiger partial charge on any atom is -0.360 e. The first-order chi connectivity index (χ1) is 11.6. The Balaban J connectivity index is 1.47. The first-order valence-corrected chi connectivity index (χ1v) is 8.64. The Labute approximate surface area is 143 Å². The van der Waals surface area contributed by atoms with E-state index in [0.29, 0.717) is 17.5 Å². The summed E-state index contributed by atoms with van der Waals surface area (Å²) in [5, 5.41) is 6.64. The fraction of sp³-hybridized carbons (Fsp3) is 0.474. The normalized spacial score (nSPS) is 17.6. The highest BCUT2D eigenvalue weighted by atomic mass is 16.5. The molecular weight excluding hydrogens is 302 g/mol. The van der Waals surface area contributed by atoms with Crippen LogP contribution >= 0.6 is 0 Å². The van der Waals surface area contributed by atoms with Gasteiger partial charge in [0.05, 0.1) is 6.04 Å². The van der Waals surface area contributed by atoms with Crippen molar-refractivity contribution in [1.82, 2.24) is 10.1 Å². The van der Waals surface area contributed by atoms with E-state index >= 15 is 0 Å². The molecule has 1 amide bonds. The molecule has 24 heavy (non-hydrogen) atoms. The van der Waals surface area contributed by atoms with Gasteiger partial charge in [0.1, 0.15) is 5.76 Å². The number of rotatable bonds is 5. The van der Waals surface area contributed by atoms with Crippen LogP contribution in [0, 0.1) is 12.8 Å². The molecule has 3 rings (SSSR count). The second kappa shape index (κ2) is 7.62. The maximum atomic E-state index is 12.4. The van der Waals surface area contributed by atoms with E-state index in [0.717, 1.165) is 32.4 Å². The number of aromatic nitrogens is 1. The minimum absolute atomic E-state index is 0.0233. The molecule has 0 aliphatic carbocycles. The molecule has 1 atom stereocenters. The molecule has 0 unspecified atom stereocenters. The van der Waals surface area contributed by atoms with E-state index in [1.807, 2.05) is 13.8 Å². The van der Waals surface area contributed by atoms with E-state index in [-0.39, 0.29) is 11.9 Å². The van der Waals surface area contributed by atoms with Crippen molar-refractivity contribution in [1.29, 1.82) is 0 Å². The average molecular weight is 327 g/mol. The molecule has 1 aromatic heterocycles. The molecule has 1 N–H and O–H groups in total. The lowest BCUT2D eigenvalue weighted by Crippen LogP contribution is -2.46. The highest BCUT2D eigenvalue weighted by Gasteiger charge is 2.27. The quantitative estimate of drug-likeness (QED) is 0.916. The molecule has 0 radical (unpaired) electrons. The largest absolute Gasteiger partial charge is 0.360 e. The molecule has 1 fully saturated rings. The van der Waals surface area contributed by atoms with E-state index in [4.69, 9.17) is 4.52 Å². The molecule has 1 aliphatic rings. The molecule has 0 bridgehead atoms. The van der Waals surface area contributed by atoms with Crippen LogP contribution in [0.4, 0.5) is 5.82 Å². The number of aryl methyl sites for hydroxylation is 1. The Morgan fingerprint density at radius 2 is 2.04 bits per heavy atom. The summed E-state index contributed by atoms with van der Waals surface area (Å²) in [6, 6.07) is 12.2. The molecule has 1 aromatic carbocycles. The minimum atomic E-state index is -0.153. The lowest BCUT2D eigenvalue weighted by atomic mass is 9.89. The Morgan fingerprint density at radius 3 is 2.67 bits per heavy atom. The van der Waals surface area contributed by atoms with Crippen molar-refractivity contribution in [3.63, 3.8) is 0 Å². The molecule has 2 aromatic rings. The first-order valence-electron chi connectivity index (χ1n) is 8.64. The summed E-state index contributed by atoms with van der Waals surface area (Å²) in [6.45, 7) is 5.69. The second-order valence-electron chi connectivity index (χ2n) is 6.66. The van der Waals surface area contributed by atoms with Gasteiger partial charge in [0.25, 0.3) is 0 Å². The van der Waals surface area contributed by atoms with E-state index in [2.05, 4.69) is 45.7 Å². The van der Waals surface area contributed by atoms with Crippen LogP contribution in [0.1, 0.15) is 31.1 Å². The zero-order valence-electron chi connectivity index (χ0n) is 14.4. The Bertz CT molecular complexity index is 660. The number of benzene rings is 1. The standard InChI is InChI=1S/C19H25N3O2/c1-14-12-18(21-24-14)20-19(23)15(2)22-10-8-17(9-11-22)13-16-6-4-3-5-7-16/h3-7,12,15,17H,8-11,13H2,1-2H3,(H,20,21,23)/t15-/m1/s1. The maximum absolute atomic E-state index is 12.4. The lowest BCUT2D eigenvalue weighted by molar-refractivity contribution is -0.121. The van der Waals surface area contributed by atoms with Gasteiger partial charge >= 0.3 is 0 Å². The van der Waals surface area contributed by atoms with Gasteiger partial charge in [0.2, 0.25) is 5.91 Å². The van der Waals surface area contributed by atoms with Crippen LogP contribution in [0.3, 0.4) is 0 Å². The van der Waals surface area contributed by atoms with Gasteiger partial charge in [-0.05, 0) is 57.7 Å². The number of nitrogens with one attached hydrogen (secondary N) is 1. The van der Waals surface area contributed by atoms with Gasteiger partial charge in [-0.3, -0.25) is 9.69 Å². The van der Waals surface area contributed by atoms with Crippen LogP contribution in [-0.2, 0) is 11.2 Å². The van der Waals surface area contributed by atoms with Gasteiger partial charge in [0, 0.05) is 6.07 Å². The zero-order valence-corrected chi connectivity index (χ0v) is 14.4. The van der Waals surface area contributed by atoms with Gasteiger partial charge in [-0.25, -0.2) is 0 Å². The summed E-state index contributed by atoms with van der Waals surface area (Å²) in [4.78, 5) is 14.6. The number of piperidine rings is 1. The molecular formula is C19H25N3O2. The van der Waals surface area contributed by atoms with Gasteiger partial charge < -0.3 is 9.84 Å². The SMILES string of the molecule is Cc1cc(NC(=O)[C@@H](C)N2CCC(Cc3ccccc3)CC2)no1. The van der Waals surface area contributed by atoms with Crippen molar-refractivity contribution >= 4 is 11.7 Å². The van der Waals surface area contributed by atoms with Crippen LogP contribution in [0.2, 0.25) is 0 Å². The third kappa shape index (κ3) is 4.23. The summed E-state index contributed by atoms with van der Waals surface area (Å²) in [5.74, 6) is 1.87. The number of hydrogen-bond donors (Lipinski definition) is 1. The third-order valence-corrected chi connectivity index (χ3v) is 4.82. The second-order valence-corrected chi connectivity index (χ2v) is 6.66. The highest BCUT2D eigenvalue weighted by molar-refractivity contribution is 5.93. The number of carbonyl (C=O) groups is 1. The van der Waals surface area contributed by atoms with Crippen molar-refractivity contribution in [3.05, 3.63) is 47.7 Å². The van der Waals surface area contributed by atoms with Gasteiger partial charge in [0.15, 0.2) is 5.82 Å². The number of anilines is 1. The first kappa shape index (κ1) is 16.7. The van der Waals surface area contributed by atoms with Gasteiger partial charge in [-0.15, -0.1) is 0 Å². The topological polar surface area (TPSA) is 58.4 Å². The van der Waals surface area contributed by atoms with Gasteiger partial charge in [-0.2, -0.15) is 0 Å². The fourth-order valence-corrected chi connectivity index (χ4v) is 3.31. The van der Waals surface area contributed by atoms with E-state index < -0.39 is 0 Å². The fourth-order valence-electron chi connectivity index (χ4n) is 3.31. The summed E-state index contributed by atoms with van der Waals surface area (Å²) in [5.41, 5.74) is 1.41. The average Bonchev–Trinajstić information content (AvgIpc) is 3.00. The maximum Gasteiger partial charge on any atom is 0.242 e.